The Kier molecular flexibility index (Phi) is 5.34. The van der Waals surface area contributed by atoms with Gasteiger partial charge in [0.15, 0.2) is 5.69 Å². The summed E-state index contributed by atoms with van der Waals surface area (Å²) >= 11 is 1.81. The van der Waals surface area contributed by atoms with E-state index >= 15 is 0 Å². The summed E-state index contributed by atoms with van der Waals surface area (Å²) in [6.45, 7) is 15.3. The normalized spacial score (nSPS) is 12.0. The zero-order valence-electron chi connectivity index (χ0n) is 26.3. The van der Waals surface area contributed by atoms with Crippen molar-refractivity contribution in [3.8, 4) is 11.4 Å². The summed E-state index contributed by atoms with van der Waals surface area (Å²) in [5, 5.41) is 8.93. The lowest BCUT2D eigenvalue weighted by Gasteiger charge is -2.10. The SMILES string of the molecule is [C-]#[N+]c1ccc2c(c1)c1ccccc1n2-c1ccc2sc3ccc(-n4c5ccccc5c5c6c(ccc54)oc4c([N+]#[C-])cccc46)cc3c2c1. The molecule has 4 heterocycles. The minimum atomic E-state index is 0.527. The maximum atomic E-state index is 7.71. The molecule has 0 amide bonds. The second kappa shape index (κ2) is 9.84. The van der Waals surface area contributed by atoms with Crippen LogP contribution in [0.3, 0.4) is 0 Å². The molecule has 230 valence electrons. The first-order valence-corrected chi connectivity index (χ1v) is 17.1. The summed E-state index contributed by atoms with van der Waals surface area (Å²) in [7, 11) is 0. The number of furan rings is 1. The van der Waals surface area contributed by atoms with Crippen LogP contribution in [0, 0.1) is 13.1 Å². The van der Waals surface area contributed by atoms with Crippen molar-refractivity contribution in [1.29, 1.82) is 0 Å². The molecule has 0 fully saturated rings. The average Bonchev–Trinajstić information content (AvgIpc) is 3.91. The molecule has 7 aromatic carbocycles. The molecule has 0 aliphatic rings. The van der Waals surface area contributed by atoms with E-state index in [2.05, 4.69) is 122 Å². The molecule has 0 aliphatic heterocycles. The number of hydrogen-bond donors (Lipinski definition) is 0. The molecule has 0 saturated carbocycles. The molecular formula is C44H22N4OS. The minimum Gasteiger partial charge on any atom is -0.467 e. The molecular weight excluding hydrogens is 633 g/mol. The Bertz CT molecular complexity index is 3360. The average molecular weight is 655 g/mol. The second-order valence-corrected chi connectivity index (χ2v) is 13.8. The lowest BCUT2D eigenvalue weighted by atomic mass is 10.1. The maximum absolute atomic E-state index is 7.71. The van der Waals surface area contributed by atoms with E-state index in [9.17, 15) is 0 Å². The summed E-state index contributed by atoms with van der Waals surface area (Å²) in [5.74, 6) is 0. The van der Waals surface area contributed by atoms with Crippen LogP contribution in [0.4, 0.5) is 11.4 Å². The number of hydrogen-bond acceptors (Lipinski definition) is 2. The van der Waals surface area contributed by atoms with Crippen molar-refractivity contribution in [1.82, 2.24) is 9.13 Å². The van der Waals surface area contributed by atoms with Crippen molar-refractivity contribution >= 4 is 108 Å². The van der Waals surface area contributed by atoms with Gasteiger partial charge in [-0.05, 0) is 78.2 Å². The topological polar surface area (TPSA) is 31.7 Å². The van der Waals surface area contributed by atoms with Gasteiger partial charge < -0.3 is 13.6 Å². The minimum absolute atomic E-state index is 0.527. The molecule has 0 atom stereocenters. The van der Waals surface area contributed by atoms with Crippen molar-refractivity contribution in [2.45, 2.75) is 0 Å². The summed E-state index contributed by atoms with van der Waals surface area (Å²) in [6, 6.07) is 46.5. The first kappa shape index (κ1) is 27.1. The van der Waals surface area contributed by atoms with Crippen molar-refractivity contribution in [2.24, 2.45) is 0 Å². The van der Waals surface area contributed by atoms with Gasteiger partial charge in [0.05, 0.1) is 35.2 Å². The highest BCUT2D eigenvalue weighted by molar-refractivity contribution is 7.25. The van der Waals surface area contributed by atoms with Crippen LogP contribution in [0.25, 0.3) is 107 Å². The van der Waals surface area contributed by atoms with Crippen LogP contribution < -0.4 is 0 Å². The summed E-state index contributed by atoms with van der Waals surface area (Å²) < 4.78 is 13.5. The van der Waals surface area contributed by atoms with Gasteiger partial charge in [0.2, 0.25) is 5.69 Å². The number of rotatable bonds is 2. The van der Waals surface area contributed by atoms with E-state index in [1.807, 2.05) is 41.7 Å². The van der Waals surface area contributed by atoms with Gasteiger partial charge in [-0.25, -0.2) is 9.69 Å². The Morgan fingerprint density at radius 3 is 1.86 bits per heavy atom. The van der Waals surface area contributed by atoms with E-state index in [4.69, 9.17) is 17.6 Å². The van der Waals surface area contributed by atoms with Crippen molar-refractivity contribution in [3.63, 3.8) is 0 Å². The number of aromatic nitrogens is 2. The van der Waals surface area contributed by atoms with E-state index in [-0.39, 0.29) is 0 Å². The number of benzene rings is 7. The highest BCUT2D eigenvalue weighted by Gasteiger charge is 2.21. The Morgan fingerprint density at radius 1 is 0.480 bits per heavy atom. The van der Waals surface area contributed by atoms with Crippen LogP contribution in [-0.2, 0) is 0 Å². The van der Waals surface area contributed by atoms with Gasteiger partial charge in [-0.3, -0.25) is 0 Å². The number of para-hydroxylation sites is 3. The van der Waals surface area contributed by atoms with Gasteiger partial charge in [-0.2, -0.15) is 0 Å². The van der Waals surface area contributed by atoms with E-state index in [0.29, 0.717) is 17.0 Å². The highest BCUT2D eigenvalue weighted by Crippen LogP contribution is 2.44. The zero-order chi connectivity index (χ0) is 33.1. The molecule has 0 saturated heterocycles. The van der Waals surface area contributed by atoms with Crippen LogP contribution in [0.15, 0.2) is 138 Å². The Morgan fingerprint density at radius 2 is 1.12 bits per heavy atom. The van der Waals surface area contributed by atoms with Crippen LogP contribution in [0.1, 0.15) is 0 Å². The Balaban J connectivity index is 1.17. The molecule has 5 nitrogen and oxygen atoms in total. The third kappa shape index (κ3) is 3.52. The van der Waals surface area contributed by atoms with E-state index in [0.717, 1.165) is 71.3 Å². The lowest BCUT2D eigenvalue weighted by Crippen LogP contribution is -1.94. The first-order chi connectivity index (χ1) is 24.7. The maximum Gasteiger partial charge on any atom is 0.229 e. The molecule has 0 unspecified atom stereocenters. The van der Waals surface area contributed by atoms with Gasteiger partial charge in [0.1, 0.15) is 11.2 Å². The Labute approximate surface area is 288 Å². The first-order valence-electron chi connectivity index (χ1n) is 16.3. The smallest absolute Gasteiger partial charge is 0.229 e. The molecule has 0 bridgehead atoms. The monoisotopic (exact) mass is 654 g/mol. The lowest BCUT2D eigenvalue weighted by molar-refractivity contribution is 0.671. The third-order valence-electron chi connectivity index (χ3n) is 10.1. The molecule has 0 radical (unpaired) electrons. The van der Waals surface area contributed by atoms with Gasteiger partial charge >= 0.3 is 0 Å². The summed E-state index contributed by atoms with van der Waals surface area (Å²) in [5.41, 5.74) is 9.20. The van der Waals surface area contributed by atoms with Gasteiger partial charge in [0.25, 0.3) is 0 Å². The van der Waals surface area contributed by atoms with E-state index in [1.165, 1.54) is 20.2 Å². The molecule has 4 aromatic heterocycles. The predicted molar refractivity (Wildman–Crippen MR) is 208 cm³/mol. The molecule has 0 aliphatic carbocycles. The van der Waals surface area contributed by atoms with E-state index < -0.39 is 0 Å². The molecule has 50 heavy (non-hydrogen) atoms. The largest absolute Gasteiger partial charge is 0.467 e. The number of thiophene rings is 1. The van der Waals surface area contributed by atoms with Gasteiger partial charge in [-0.15, -0.1) is 11.3 Å². The fourth-order valence-electron chi connectivity index (χ4n) is 8.04. The van der Waals surface area contributed by atoms with E-state index in [1.54, 1.807) is 0 Å². The van der Waals surface area contributed by atoms with Crippen LogP contribution >= 0.6 is 11.3 Å². The van der Waals surface area contributed by atoms with Crippen LogP contribution in [0.5, 0.6) is 0 Å². The number of fused-ring (bicyclic) bond motifs is 13. The fraction of sp³-hybridized carbons (Fsp3) is 0. The van der Waals surface area contributed by atoms with Crippen LogP contribution in [-0.4, -0.2) is 9.13 Å². The van der Waals surface area contributed by atoms with Crippen molar-refractivity contribution < 1.29 is 4.42 Å². The molecule has 11 rings (SSSR count). The summed E-state index contributed by atoms with van der Waals surface area (Å²) in [6.07, 6.45) is 0. The van der Waals surface area contributed by atoms with Crippen LogP contribution in [0.2, 0.25) is 0 Å². The van der Waals surface area contributed by atoms with Gasteiger partial charge in [-0.1, -0.05) is 60.7 Å². The standard InChI is InChI=1S/C44H22N4OS/c1-45-25-14-17-37-31(22-25)28-8-3-5-12-35(28)47(37)26-15-20-40-32(23-26)33-24-27(16-21-41(33)50-40)48-36-13-6-4-9-29(36)42-38(48)18-19-39-43(42)30-10-7-11-34(46-2)44(30)49-39/h3-24H. The molecule has 0 spiro atoms. The molecule has 6 heteroatoms. The molecule has 11 aromatic rings. The second-order valence-electron chi connectivity index (χ2n) is 12.7. The third-order valence-corrected chi connectivity index (χ3v) is 11.3. The summed E-state index contributed by atoms with van der Waals surface area (Å²) in [4.78, 5) is 7.44. The Hall–Kier alpha value is -6.86. The van der Waals surface area contributed by atoms with Crippen molar-refractivity contribution in [3.05, 3.63) is 156 Å². The quantitative estimate of drug-likeness (QED) is 0.171. The zero-order valence-corrected chi connectivity index (χ0v) is 27.1. The number of nitrogens with zero attached hydrogens (tertiary/aromatic N) is 4. The fourth-order valence-corrected chi connectivity index (χ4v) is 9.11. The van der Waals surface area contributed by atoms with Gasteiger partial charge in [0, 0.05) is 58.5 Å². The molecule has 0 N–H and O–H groups in total. The predicted octanol–water partition coefficient (Wildman–Crippen LogP) is 13.2. The van der Waals surface area contributed by atoms with Crippen molar-refractivity contribution in [2.75, 3.05) is 0 Å². The highest BCUT2D eigenvalue weighted by atomic mass is 32.1.